The summed E-state index contributed by atoms with van der Waals surface area (Å²) in [6.45, 7) is -3.04. The molecule has 6 heteroatoms. The van der Waals surface area contributed by atoms with Gasteiger partial charge in [-0.15, -0.1) is 0 Å². The number of nitrogens with two attached hydrogens (primary N) is 1. The predicted octanol–water partition coefficient (Wildman–Crippen LogP) is 1.16. The fourth-order valence-corrected chi connectivity index (χ4v) is 1.40. The van der Waals surface area contributed by atoms with Crippen molar-refractivity contribution in [3.63, 3.8) is 0 Å². The smallest absolute Gasteiger partial charge is 0.387 e. The van der Waals surface area contributed by atoms with Crippen LogP contribution in [0.2, 0.25) is 0 Å². The Morgan fingerprint density at radius 1 is 1.35 bits per heavy atom. The molecule has 0 saturated heterocycles. The molecule has 0 aliphatic heterocycles. The first-order chi connectivity index (χ1) is 8.06. The number of benzene rings is 1. The van der Waals surface area contributed by atoms with Crippen molar-refractivity contribution < 1.29 is 23.4 Å². The predicted molar refractivity (Wildman–Crippen MR) is 58.4 cm³/mol. The summed E-state index contributed by atoms with van der Waals surface area (Å²) >= 11 is 0. The van der Waals surface area contributed by atoms with Crippen LogP contribution in [0.1, 0.15) is 5.56 Å². The molecular formula is C11H15F2NO3. The zero-order valence-corrected chi connectivity index (χ0v) is 9.40. The number of rotatable bonds is 6. The molecule has 17 heavy (non-hydrogen) atoms. The van der Waals surface area contributed by atoms with Gasteiger partial charge in [-0.05, 0) is 24.1 Å². The maximum absolute atomic E-state index is 12.1. The molecule has 4 nitrogen and oxygen atoms in total. The van der Waals surface area contributed by atoms with E-state index in [0.717, 1.165) is 5.56 Å². The monoisotopic (exact) mass is 247 g/mol. The van der Waals surface area contributed by atoms with E-state index in [4.69, 9.17) is 15.6 Å². The van der Waals surface area contributed by atoms with Gasteiger partial charge in [-0.3, -0.25) is 0 Å². The first kappa shape index (κ1) is 13.7. The Bertz CT molecular complexity index is 361. The van der Waals surface area contributed by atoms with Crippen molar-refractivity contribution in [2.45, 2.75) is 19.1 Å². The van der Waals surface area contributed by atoms with Gasteiger partial charge in [0.05, 0.1) is 13.7 Å². The lowest BCUT2D eigenvalue weighted by atomic mass is 10.1. The maximum Gasteiger partial charge on any atom is 0.387 e. The van der Waals surface area contributed by atoms with Crippen LogP contribution in [0.25, 0.3) is 0 Å². The van der Waals surface area contributed by atoms with Gasteiger partial charge in [0.25, 0.3) is 0 Å². The molecule has 96 valence electrons. The highest BCUT2D eigenvalue weighted by Crippen LogP contribution is 2.29. The molecule has 0 heterocycles. The first-order valence-corrected chi connectivity index (χ1v) is 5.05. The second-order valence-electron chi connectivity index (χ2n) is 3.51. The molecule has 1 aromatic rings. The number of methoxy groups -OCH3 is 1. The van der Waals surface area contributed by atoms with Gasteiger partial charge >= 0.3 is 6.61 Å². The standard InChI is InChI=1S/C11H15F2NO3/c1-16-10-5-7(4-8(14)6-15)2-3-9(10)17-11(12)13/h2-3,5,8,11,15H,4,6,14H2,1H3. The van der Waals surface area contributed by atoms with Crippen molar-refractivity contribution in [2.75, 3.05) is 13.7 Å². The van der Waals surface area contributed by atoms with Crippen LogP contribution >= 0.6 is 0 Å². The van der Waals surface area contributed by atoms with Crippen LogP contribution in [0, 0.1) is 0 Å². The lowest BCUT2D eigenvalue weighted by Gasteiger charge is -2.13. The van der Waals surface area contributed by atoms with Crippen LogP contribution in [-0.2, 0) is 6.42 Å². The number of hydrogen-bond donors (Lipinski definition) is 2. The van der Waals surface area contributed by atoms with Crippen molar-refractivity contribution in [1.29, 1.82) is 0 Å². The fourth-order valence-electron chi connectivity index (χ4n) is 1.40. The fraction of sp³-hybridized carbons (Fsp3) is 0.455. The third kappa shape index (κ3) is 4.16. The molecule has 1 atom stereocenters. The van der Waals surface area contributed by atoms with Crippen LogP contribution in [-0.4, -0.2) is 31.5 Å². The SMILES string of the molecule is COc1cc(CC(N)CO)ccc1OC(F)F. The van der Waals surface area contributed by atoms with Gasteiger partial charge in [-0.1, -0.05) is 6.07 Å². The number of halogens is 2. The van der Waals surface area contributed by atoms with Crippen LogP contribution in [0.5, 0.6) is 11.5 Å². The second-order valence-corrected chi connectivity index (χ2v) is 3.51. The van der Waals surface area contributed by atoms with Gasteiger partial charge in [0.2, 0.25) is 0 Å². The molecule has 0 aliphatic carbocycles. The van der Waals surface area contributed by atoms with Crippen molar-refractivity contribution in [3.8, 4) is 11.5 Å². The number of aliphatic hydroxyl groups excluding tert-OH is 1. The largest absolute Gasteiger partial charge is 0.493 e. The molecule has 0 radical (unpaired) electrons. The minimum absolute atomic E-state index is 0.0242. The summed E-state index contributed by atoms with van der Waals surface area (Å²) in [5, 5.41) is 8.82. The molecule has 0 amide bonds. The van der Waals surface area contributed by atoms with E-state index in [2.05, 4.69) is 4.74 Å². The van der Waals surface area contributed by atoms with Crippen LogP contribution < -0.4 is 15.2 Å². The van der Waals surface area contributed by atoms with E-state index in [1.807, 2.05) is 0 Å². The molecule has 0 fully saturated rings. The maximum atomic E-state index is 12.1. The third-order valence-corrected chi connectivity index (χ3v) is 2.18. The normalized spacial score (nSPS) is 12.6. The van der Waals surface area contributed by atoms with Gasteiger partial charge in [-0.25, -0.2) is 0 Å². The molecule has 1 unspecified atom stereocenters. The zero-order chi connectivity index (χ0) is 12.8. The van der Waals surface area contributed by atoms with E-state index in [0.29, 0.717) is 6.42 Å². The number of hydrogen-bond acceptors (Lipinski definition) is 4. The second kappa shape index (κ2) is 6.36. The summed E-state index contributed by atoms with van der Waals surface area (Å²) in [6.07, 6.45) is 0.432. The van der Waals surface area contributed by atoms with Gasteiger partial charge in [0.15, 0.2) is 11.5 Å². The quantitative estimate of drug-likeness (QED) is 0.791. The summed E-state index contributed by atoms with van der Waals surface area (Å²) < 4.78 is 33.4. The summed E-state index contributed by atoms with van der Waals surface area (Å²) in [5.74, 6) is 0.191. The number of aliphatic hydroxyl groups is 1. The molecule has 1 aromatic carbocycles. The van der Waals surface area contributed by atoms with E-state index >= 15 is 0 Å². The number of alkyl halides is 2. The molecule has 0 aliphatic rings. The molecule has 0 aromatic heterocycles. The average Bonchev–Trinajstić information content (AvgIpc) is 2.30. The van der Waals surface area contributed by atoms with Gasteiger partial charge in [0, 0.05) is 6.04 Å². The minimum Gasteiger partial charge on any atom is -0.493 e. The van der Waals surface area contributed by atoms with Crippen LogP contribution in [0.3, 0.4) is 0 Å². The molecule has 0 bridgehead atoms. The van der Waals surface area contributed by atoms with E-state index < -0.39 is 6.61 Å². The summed E-state index contributed by atoms with van der Waals surface area (Å²) in [5.41, 5.74) is 6.36. The Labute approximate surface area is 97.9 Å². The number of ether oxygens (including phenoxy) is 2. The highest BCUT2D eigenvalue weighted by Gasteiger charge is 2.12. The molecule has 1 rings (SSSR count). The third-order valence-electron chi connectivity index (χ3n) is 2.18. The van der Waals surface area contributed by atoms with Crippen molar-refractivity contribution in [3.05, 3.63) is 23.8 Å². The van der Waals surface area contributed by atoms with Gasteiger partial charge in [0.1, 0.15) is 0 Å². The highest BCUT2D eigenvalue weighted by atomic mass is 19.3. The summed E-state index contributed by atoms with van der Waals surface area (Å²) in [4.78, 5) is 0. The Kier molecular flexibility index (Phi) is 5.11. The van der Waals surface area contributed by atoms with Gasteiger partial charge < -0.3 is 20.3 Å². The Hall–Kier alpha value is -1.40. The van der Waals surface area contributed by atoms with Crippen LogP contribution in [0.15, 0.2) is 18.2 Å². The molecule has 0 saturated carbocycles. The van der Waals surface area contributed by atoms with Crippen molar-refractivity contribution >= 4 is 0 Å². The van der Waals surface area contributed by atoms with Crippen LogP contribution in [0.4, 0.5) is 8.78 Å². The molecule has 3 N–H and O–H groups in total. The lowest BCUT2D eigenvalue weighted by Crippen LogP contribution is -2.26. The van der Waals surface area contributed by atoms with E-state index in [1.54, 1.807) is 12.1 Å². The first-order valence-electron chi connectivity index (χ1n) is 5.05. The van der Waals surface area contributed by atoms with E-state index in [-0.39, 0.29) is 24.1 Å². The Morgan fingerprint density at radius 2 is 2.06 bits per heavy atom. The molecule has 0 spiro atoms. The summed E-state index contributed by atoms with van der Waals surface area (Å²) in [6, 6.07) is 4.18. The van der Waals surface area contributed by atoms with Gasteiger partial charge in [-0.2, -0.15) is 8.78 Å². The Morgan fingerprint density at radius 3 is 2.59 bits per heavy atom. The van der Waals surface area contributed by atoms with E-state index in [9.17, 15) is 8.78 Å². The Balaban J connectivity index is 2.84. The van der Waals surface area contributed by atoms with E-state index in [1.165, 1.54) is 13.2 Å². The lowest BCUT2D eigenvalue weighted by molar-refractivity contribution is -0.0512. The topological polar surface area (TPSA) is 64.7 Å². The minimum atomic E-state index is -2.89. The molecular weight excluding hydrogens is 232 g/mol. The zero-order valence-electron chi connectivity index (χ0n) is 9.40. The average molecular weight is 247 g/mol. The summed E-state index contributed by atoms with van der Waals surface area (Å²) in [7, 11) is 1.36. The van der Waals surface area contributed by atoms with Crippen molar-refractivity contribution in [2.24, 2.45) is 5.73 Å². The highest BCUT2D eigenvalue weighted by molar-refractivity contribution is 5.43. The van der Waals surface area contributed by atoms with Crippen molar-refractivity contribution in [1.82, 2.24) is 0 Å².